The molecule has 1 aliphatic carbocycles. The maximum absolute atomic E-state index is 10.5. The van der Waals surface area contributed by atoms with E-state index in [0.29, 0.717) is 6.42 Å². The van der Waals surface area contributed by atoms with Crippen LogP contribution in [0.25, 0.3) is 0 Å². The van der Waals surface area contributed by atoms with Gasteiger partial charge in [-0.1, -0.05) is 56.5 Å². The monoisotopic (exact) mass is 248 g/mol. The molecule has 1 aliphatic rings. The predicted molar refractivity (Wildman–Crippen MR) is 73.2 cm³/mol. The molecule has 0 spiro atoms. The summed E-state index contributed by atoms with van der Waals surface area (Å²) in [7, 11) is 0. The smallest absolute Gasteiger partial charge is 0.0816 e. The van der Waals surface area contributed by atoms with Crippen LogP contribution in [0.3, 0.4) is 0 Å². The Morgan fingerprint density at radius 2 is 1.72 bits per heavy atom. The summed E-state index contributed by atoms with van der Waals surface area (Å²) in [5.74, 6) is 0.0931. The van der Waals surface area contributed by atoms with E-state index in [4.69, 9.17) is 0 Å². The van der Waals surface area contributed by atoms with E-state index in [2.05, 4.69) is 0 Å². The third-order valence-corrected chi connectivity index (χ3v) is 4.17. The fourth-order valence-electron chi connectivity index (χ4n) is 3.10. The van der Waals surface area contributed by atoms with Crippen LogP contribution in [0.4, 0.5) is 0 Å². The minimum atomic E-state index is -0.548. The highest BCUT2D eigenvalue weighted by atomic mass is 16.3. The molecule has 1 aromatic rings. The summed E-state index contributed by atoms with van der Waals surface area (Å²) >= 11 is 0. The molecule has 1 saturated carbocycles. The van der Waals surface area contributed by atoms with Crippen LogP contribution in [0.5, 0.6) is 0 Å². The lowest BCUT2D eigenvalue weighted by molar-refractivity contribution is -0.0348. The summed E-state index contributed by atoms with van der Waals surface area (Å²) in [4.78, 5) is 0. The molecule has 0 aliphatic heterocycles. The zero-order chi connectivity index (χ0) is 13.0. The van der Waals surface area contributed by atoms with Gasteiger partial charge in [-0.25, -0.2) is 0 Å². The summed E-state index contributed by atoms with van der Waals surface area (Å²) in [6, 6.07) is 9.74. The zero-order valence-electron chi connectivity index (χ0n) is 11.2. The van der Waals surface area contributed by atoms with Crippen LogP contribution < -0.4 is 0 Å². The van der Waals surface area contributed by atoms with Gasteiger partial charge in [-0.15, -0.1) is 0 Å². The normalized spacial score (nSPS) is 22.4. The predicted octanol–water partition coefficient (Wildman–Crippen LogP) is 3.44. The van der Waals surface area contributed by atoms with Gasteiger partial charge in [0.25, 0.3) is 0 Å². The third-order valence-electron chi connectivity index (χ3n) is 4.17. The summed E-state index contributed by atoms with van der Waals surface area (Å²) < 4.78 is 0. The Hall–Kier alpha value is -0.860. The van der Waals surface area contributed by atoms with Gasteiger partial charge >= 0.3 is 0 Å². The van der Waals surface area contributed by atoms with Crippen molar-refractivity contribution in [3.8, 4) is 0 Å². The lowest BCUT2D eigenvalue weighted by Crippen LogP contribution is -2.34. The van der Waals surface area contributed by atoms with Crippen molar-refractivity contribution in [3.05, 3.63) is 35.9 Å². The molecular weight excluding hydrogens is 224 g/mol. The largest absolute Gasteiger partial charge is 0.390 e. The number of hydrogen-bond donors (Lipinski definition) is 2. The second kappa shape index (κ2) is 5.85. The fourth-order valence-corrected chi connectivity index (χ4v) is 3.10. The van der Waals surface area contributed by atoms with E-state index >= 15 is 0 Å². The Morgan fingerprint density at radius 3 is 2.33 bits per heavy atom. The highest BCUT2D eigenvalue weighted by molar-refractivity contribution is 5.18. The lowest BCUT2D eigenvalue weighted by Gasteiger charge is -2.35. The highest BCUT2D eigenvalue weighted by Gasteiger charge is 2.33. The molecule has 0 saturated heterocycles. The Labute approximate surface area is 110 Å². The van der Waals surface area contributed by atoms with E-state index in [1.165, 1.54) is 6.42 Å². The van der Waals surface area contributed by atoms with E-state index in [1.54, 1.807) is 0 Å². The second-order valence-electron chi connectivity index (χ2n) is 5.82. The lowest BCUT2D eigenvalue weighted by atomic mass is 9.77. The van der Waals surface area contributed by atoms with E-state index in [9.17, 15) is 10.2 Å². The van der Waals surface area contributed by atoms with Crippen LogP contribution in [0.2, 0.25) is 0 Å². The standard InChI is InChI=1S/C16H24O2/c1-13(12-16(18)10-6-3-7-11-16)15(17)14-8-4-2-5-9-14/h2,4-5,8-9,13,15,17-18H,3,6-7,10-12H2,1H3. The molecule has 100 valence electrons. The van der Waals surface area contributed by atoms with Gasteiger partial charge in [0, 0.05) is 0 Å². The van der Waals surface area contributed by atoms with E-state index in [0.717, 1.165) is 31.2 Å². The zero-order valence-corrected chi connectivity index (χ0v) is 11.2. The Kier molecular flexibility index (Phi) is 4.41. The van der Waals surface area contributed by atoms with Gasteiger partial charge in [-0.2, -0.15) is 0 Å². The van der Waals surface area contributed by atoms with Gasteiger partial charge in [-0.05, 0) is 30.7 Å². The molecule has 2 heteroatoms. The minimum absolute atomic E-state index is 0.0931. The van der Waals surface area contributed by atoms with Crippen LogP contribution in [0.1, 0.15) is 57.1 Å². The van der Waals surface area contributed by atoms with Crippen LogP contribution in [0, 0.1) is 5.92 Å². The van der Waals surface area contributed by atoms with E-state index < -0.39 is 11.7 Å². The molecule has 2 atom stereocenters. The second-order valence-corrected chi connectivity index (χ2v) is 5.82. The molecule has 2 N–H and O–H groups in total. The molecule has 0 heterocycles. The first kappa shape index (κ1) is 13.6. The van der Waals surface area contributed by atoms with Gasteiger partial charge < -0.3 is 10.2 Å². The maximum atomic E-state index is 10.5. The molecule has 0 aromatic heterocycles. The topological polar surface area (TPSA) is 40.5 Å². The summed E-state index contributed by atoms with van der Waals surface area (Å²) in [5, 5.41) is 20.8. The van der Waals surface area contributed by atoms with Crippen molar-refractivity contribution >= 4 is 0 Å². The molecule has 1 aromatic carbocycles. The molecule has 0 amide bonds. The maximum Gasteiger partial charge on any atom is 0.0816 e. The molecular formula is C16H24O2. The van der Waals surface area contributed by atoms with Crippen LogP contribution in [-0.4, -0.2) is 15.8 Å². The quantitative estimate of drug-likeness (QED) is 0.857. The average Bonchev–Trinajstić information content (AvgIpc) is 2.39. The van der Waals surface area contributed by atoms with Crippen molar-refractivity contribution in [1.29, 1.82) is 0 Å². The first-order valence-corrected chi connectivity index (χ1v) is 7.06. The van der Waals surface area contributed by atoms with Crippen molar-refractivity contribution in [1.82, 2.24) is 0 Å². The van der Waals surface area contributed by atoms with E-state index in [-0.39, 0.29) is 5.92 Å². The molecule has 2 rings (SSSR count). The van der Waals surface area contributed by atoms with Crippen molar-refractivity contribution in [3.63, 3.8) is 0 Å². The molecule has 2 unspecified atom stereocenters. The van der Waals surface area contributed by atoms with E-state index in [1.807, 2.05) is 37.3 Å². The van der Waals surface area contributed by atoms with Crippen molar-refractivity contribution in [2.24, 2.45) is 5.92 Å². The average molecular weight is 248 g/mol. The molecule has 1 fully saturated rings. The highest BCUT2D eigenvalue weighted by Crippen LogP contribution is 2.36. The third kappa shape index (κ3) is 3.33. The fraction of sp³-hybridized carbons (Fsp3) is 0.625. The number of aliphatic hydroxyl groups excluding tert-OH is 1. The van der Waals surface area contributed by atoms with Gasteiger partial charge in [0.05, 0.1) is 11.7 Å². The van der Waals surface area contributed by atoms with Crippen LogP contribution in [-0.2, 0) is 0 Å². The Morgan fingerprint density at radius 1 is 1.11 bits per heavy atom. The summed E-state index contributed by atoms with van der Waals surface area (Å²) in [5.41, 5.74) is 0.400. The summed E-state index contributed by atoms with van der Waals surface area (Å²) in [6.07, 6.45) is 5.46. The SMILES string of the molecule is CC(CC1(O)CCCCC1)C(O)c1ccccc1. The molecule has 0 bridgehead atoms. The van der Waals surface area contributed by atoms with Crippen molar-refractivity contribution in [2.45, 2.75) is 57.2 Å². The minimum Gasteiger partial charge on any atom is -0.390 e. The van der Waals surface area contributed by atoms with Gasteiger partial charge in [0.15, 0.2) is 0 Å². The first-order valence-electron chi connectivity index (χ1n) is 7.06. The van der Waals surface area contributed by atoms with Crippen LogP contribution in [0.15, 0.2) is 30.3 Å². The first-order chi connectivity index (χ1) is 8.61. The summed E-state index contributed by atoms with van der Waals surface area (Å²) in [6.45, 7) is 2.03. The number of benzene rings is 1. The Bertz CT molecular complexity index is 355. The molecule has 2 nitrogen and oxygen atoms in total. The van der Waals surface area contributed by atoms with Gasteiger partial charge in [0.2, 0.25) is 0 Å². The van der Waals surface area contributed by atoms with Gasteiger partial charge in [0.1, 0.15) is 0 Å². The van der Waals surface area contributed by atoms with Crippen molar-refractivity contribution in [2.75, 3.05) is 0 Å². The van der Waals surface area contributed by atoms with Crippen LogP contribution >= 0.6 is 0 Å². The Balaban J connectivity index is 1.97. The molecule has 18 heavy (non-hydrogen) atoms. The number of rotatable bonds is 4. The number of aliphatic hydroxyl groups is 2. The van der Waals surface area contributed by atoms with Gasteiger partial charge in [-0.3, -0.25) is 0 Å². The van der Waals surface area contributed by atoms with Crippen molar-refractivity contribution < 1.29 is 10.2 Å². The molecule has 0 radical (unpaired) electrons. The number of hydrogen-bond acceptors (Lipinski definition) is 2.